The lowest BCUT2D eigenvalue weighted by atomic mass is 10.00. The number of nitrogens with zero attached hydrogens (tertiary/aromatic N) is 4. The molecule has 24 heavy (non-hydrogen) atoms. The van der Waals surface area contributed by atoms with Crippen molar-refractivity contribution in [2.45, 2.75) is 12.6 Å². The molecular weight excluding hydrogens is 304 g/mol. The zero-order chi connectivity index (χ0) is 16.2. The Morgan fingerprint density at radius 1 is 1.04 bits per heavy atom. The lowest BCUT2D eigenvalue weighted by molar-refractivity contribution is 0.127. The molecule has 1 aliphatic rings. The average molecular weight is 320 g/mol. The van der Waals surface area contributed by atoms with Crippen LogP contribution in [0.4, 0.5) is 0 Å². The molecule has 2 aromatic carbocycles. The van der Waals surface area contributed by atoms with Gasteiger partial charge in [-0.15, -0.1) is 10.2 Å². The van der Waals surface area contributed by atoms with E-state index in [0.29, 0.717) is 13.2 Å². The lowest BCUT2D eigenvalue weighted by Gasteiger charge is -2.27. The van der Waals surface area contributed by atoms with Crippen LogP contribution in [-0.2, 0) is 11.4 Å². The maximum Gasteiger partial charge on any atom is 0.142 e. The van der Waals surface area contributed by atoms with E-state index in [1.54, 1.807) is 12.7 Å². The minimum atomic E-state index is -0.120. The molecule has 2 heterocycles. The molecule has 6 nitrogen and oxygen atoms in total. The van der Waals surface area contributed by atoms with E-state index in [4.69, 9.17) is 9.57 Å². The molecule has 0 spiro atoms. The van der Waals surface area contributed by atoms with Gasteiger partial charge in [0.25, 0.3) is 0 Å². The summed E-state index contributed by atoms with van der Waals surface area (Å²) >= 11 is 0. The van der Waals surface area contributed by atoms with Crippen LogP contribution in [0.1, 0.15) is 17.2 Å². The van der Waals surface area contributed by atoms with Crippen molar-refractivity contribution in [3.63, 3.8) is 0 Å². The average Bonchev–Trinajstić information content (AvgIpc) is 3.17. The Bertz CT molecular complexity index is 831. The minimum Gasteiger partial charge on any atom is -0.490 e. The first-order chi connectivity index (χ1) is 11.9. The molecule has 120 valence electrons. The Morgan fingerprint density at radius 3 is 2.62 bits per heavy atom. The number of para-hydroxylation sites is 1. The smallest absolute Gasteiger partial charge is 0.142 e. The van der Waals surface area contributed by atoms with Gasteiger partial charge in [0.05, 0.1) is 0 Å². The molecule has 0 amide bonds. The van der Waals surface area contributed by atoms with Crippen molar-refractivity contribution in [3.8, 4) is 5.75 Å². The first-order valence-electron chi connectivity index (χ1n) is 7.72. The van der Waals surface area contributed by atoms with Crippen LogP contribution in [0, 0.1) is 0 Å². The summed E-state index contributed by atoms with van der Waals surface area (Å²) in [7, 11) is 0. The predicted octanol–water partition coefficient (Wildman–Crippen LogP) is 2.83. The topological polar surface area (TPSA) is 61.5 Å². The van der Waals surface area contributed by atoms with Crippen molar-refractivity contribution < 1.29 is 9.57 Å². The molecule has 0 bridgehead atoms. The third-order valence-corrected chi connectivity index (χ3v) is 3.91. The van der Waals surface area contributed by atoms with E-state index in [-0.39, 0.29) is 6.04 Å². The Hall–Kier alpha value is -3.15. The molecule has 4 rings (SSSR count). The fraction of sp³-hybridized carbons (Fsp3) is 0.167. The monoisotopic (exact) mass is 320 g/mol. The summed E-state index contributed by atoms with van der Waals surface area (Å²) in [5.74, 6) is 0.809. The number of hydrogen-bond acceptors (Lipinski definition) is 5. The van der Waals surface area contributed by atoms with Crippen molar-refractivity contribution in [1.82, 2.24) is 14.8 Å². The molecular formula is C18H16N4O2. The molecule has 3 aromatic rings. The van der Waals surface area contributed by atoms with Gasteiger partial charge in [-0.25, -0.2) is 0 Å². The van der Waals surface area contributed by atoms with Gasteiger partial charge in [-0.3, -0.25) is 0 Å². The van der Waals surface area contributed by atoms with Gasteiger partial charge in [-0.05, 0) is 17.7 Å². The normalized spacial score (nSPS) is 18.0. The van der Waals surface area contributed by atoms with Crippen LogP contribution >= 0.6 is 0 Å². The van der Waals surface area contributed by atoms with Gasteiger partial charge in [0.2, 0.25) is 0 Å². The van der Waals surface area contributed by atoms with Crippen LogP contribution in [0.15, 0.2) is 72.4 Å². The van der Waals surface area contributed by atoms with E-state index < -0.39 is 0 Å². The summed E-state index contributed by atoms with van der Waals surface area (Å²) in [5.41, 5.74) is 2.81. The maximum atomic E-state index is 5.84. The molecule has 0 N–H and O–H groups in total. The predicted molar refractivity (Wildman–Crippen MR) is 88.8 cm³/mol. The van der Waals surface area contributed by atoms with E-state index in [1.165, 1.54) is 0 Å². The standard InChI is InChI=1S/C18H16N4O2/c1-2-6-14(7-3-1)10-24-21-18-15-8-4-5-9-17(15)23-11-16(18)22-12-19-20-13-22/h1-9,12-13,16H,10-11H2/b21-18-. The van der Waals surface area contributed by atoms with E-state index >= 15 is 0 Å². The Labute approximate surface area is 139 Å². The molecule has 1 aliphatic heterocycles. The molecule has 1 aromatic heterocycles. The van der Waals surface area contributed by atoms with Gasteiger partial charge in [-0.1, -0.05) is 47.6 Å². The molecule has 1 unspecified atom stereocenters. The number of rotatable bonds is 4. The second kappa shape index (κ2) is 6.54. The molecule has 0 fully saturated rings. The van der Waals surface area contributed by atoms with E-state index in [0.717, 1.165) is 22.6 Å². The third kappa shape index (κ3) is 2.86. The second-order valence-corrected chi connectivity index (χ2v) is 5.47. The van der Waals surface area contributed by atoms with Crippen molar-refractivity contribution in [3.05, 3.63) is 78.4 Å². The summed E-state index contributed by atoms with van der Waals surface area (Å²) in [6.07, 6.45) is 3.32. The van der Waals surface area contributed by atoms with Crippen molar-refractivity contribution in [2.75, 3.05) is 6.61 Å². The highest BCUT2D eigenvalue weighted by Gasteiger charge is 2.29. The van der Waals surface area contributed by atoms with Crippen LogP contribution in [0.2, 0.25) is 0 Å². The quantitative estimate of drug-likeness (QED) is 0.694. The Balaban J connectivity index is 1.63. The van der Waals surface area contributed by atoms with Gasteiger partial charge in [0.15, 0.2) is 0 Å². The highest BCUT2D eigenvalue weighted by molar-refractivity contribution is 6.06. The number of ether oxygens (including phenoxy) is 1. The molecule has 1 atom stereocenters. The first-order valence-corrected chi connectivity index (χ1v) is 7.72. The van der Waals surface area contributed by atoms with Crippen LogP contribution in [0.25, 0.3) is 0 Å². The number of benzene rings is 2. The van der Waals surface area contributed by atoms with Crippen LogP contribution < -0.4 is 4.74 Å². The zero-order valence-corrected chi connectivity index (χ0v) is 12.9. The van der Waals surface area contributed by atoms with Gasteiger partial charge < -0.3 is 14.1 Å². The summed E-state index contributed by atoms with van der Waals surface area (Å²) in [4.78, 5) is 5.62. The number of oxime groups is 1. The maximum absolute atomic E-state index is 5.84. The molecule has 0 aliphatic carbocycles. The SMILES string of the molecule is c1ccc(CO/N=C2/c3ccccc3OCC2n2cnnc2)cc1. The zero-order valence-electron chi connectivity index (χ0n) is 12.9. The number of aromatic nitrogens is 3. The number of hydrogen-bond donors (Lipinski definition) is 0. The highest BCUT2D eigenvalue weighted by atomic mass is 16.6. The van der Waals surface area contributed by atoms with Crippen molar-refractivity contribution >= 4 is 5.71 Å². The summed E-state index contributed by atoms with van der Waals surface area (Å²) in [5, 5.41) is 12.2. The molecule has 0 saturated heterocycles. The Morgan fingerprint density at radius 2 is 1.79 bits per heavy atom. The van der Waals surface area contributed by atoms with Gasteiger partial charge in [0.1, 0.15) is 43.4 Å². The minimum absolute atomic E-state index is 0.120. The van der Waals surface area contributed by atoms with Crippen LogP contribution in [0.5, 0.6) is 5.75 Å². The van der Waals surface area contributed by atoms with Crippen molar-refractivity contribution in [2.24, 2.45) is 5.16 Å². The molecule has 0 saturated carbocycles. The molecule has 6 heteroatoms. The first kappa shape index (κ1) is 14.4. The largest absolute Gasteiger partial charge is 0.490 e. The van der Waals surface area contributed by atoms with Crippen molar-refractivity contribution in [1.29, 1.82) is 0 Å². The summed E-state index contributed by atoms with van der Waals surface area (Å²) < 4.78 is 7.72. The van der Waals surface area contributed by atoms with Crippen LogP contribution in [0.3, 0.4) is 0 Å². The molecule has 0 radical (unpaired) electrons. The summed E-state index contributed by atoms with van der Waals surface area (Å²) in [6, 6.07) is 17.7. The van der Waals surface area contributed by atoms with Gasteiger partial charge in [0, 0.05) is 5.56 Å². The fourth-order valence-electron chi connectivity index (χ4n) is 2.69. The lowest BCUT2D eigenvalue weighted by Crippen LogP contribution is -2.30. The van der Waals surface area contributed by atoms with Gasteiger partial charge in [-0.2, -0.15) is 0 Å². The fourth-order valence-corrected chi connectivity index (χ4v) is 2.69. The highest BCUT2D eigenvalue weighted by Crippen LogP contribution is 2.30. The van der Waals surface area contributed by atoms with Crippen LogP contribution in [-0.4, -0.2) is 27.1 Å². The second-order valence-electron chi connectivity index (χ2n) is 5.47. The number of fused-ring (bicyclic) bond motifs is 1. The van der Waals surface area contributed by atoms with E-state index in [1.807, 2.05) is 59.2 Å². The van der Waals surface area contributed by atoms with E-state index in [2.05, 4.69) is 15.4 Å². The van der Waals surface area contributed by atoms with Gasteiger partial charge >= 0.3 is 0 Å². The summed E-state index contributed by atoms with van der Waals surface area (Å²) in [6.45, 7) is 0.880. The third-order valence-electron chi connectivity index (χ3n) is 3.91. The van der Waals surface area contributed by atoms with E-state index in [9.17, 15) is 0 Å². The Kier molecular flexibility index (Phi) is 3.93.